The summed E-state index contributed by atoms with van der Waals surface area (Å²) in [5.74, 6) is 0.309. The van der Waals surface area contributed by atoms with Crippen LogP contribution in [0, 0.1) is 10.1 Å². The lowest BCUT2D eigenvalue weighted by atomic mass is 10.0. The number of benzene rings is 1. The molecule has 0 aliphatic carbocycles. The first-order valence-electron chi connectivity index (χ1n) is 5.10. The average molecular weight is 231 g/mol. The molecule has 0 unspecified atom stereocenters. The Bertz CT molecular complexity index is 618. The molecule has 17 heavy (non-hydrogen) atoms. The van der Waals surface area contributed by atoms with Crippen molar-refractivity contribution in [3.8, 4) is 17.0 Å². The maximum Gasteiger partial charge on any atom is 0.311 e. The van der Waals surface area contributed by atoms with E-state index < -0.39 is 4.92 Å². The molecule has 3 rings (SSSR count). The van der Waals surface area contributed by atoms with E-state index in [9.17, 15) is 10.1 Å². The van der Waals surface area contributed by atoms with Crippen molar-refractivity contribution in [2.75, 3.05) is 0 Å². The van der Waals surface area contributed by atoms with E-state index in [1.807, 2.05) is 13.2 Å². The summed E-state index contributed by atoms with van der Waals surface area (Å²) in [4.78, 5) is 10.5. The Morgan fingerprint density at radius 2 is 2.35 bits per heavy atom. The zero-order valence-electron chi connectivity index (χ0n) is 9.08. The Labute approximate surface area is 96.6 Å². The second-order valence-corrected chi connectivity index (χ2v) is 3.88. The molecule has 86 valence electrons. The van der Waals surface area contributed by atoms with Crippen LogP contribution in [-0.2, 0) is 13.7 Å². The second-order valence-electron chi connectivity index (χ2n) is 3.88. The number of ether oxygens (including phenoxy) is 1. The van der Waals surface area contributed by atoms with Crippen LogP contribution in [0.2, 0.25) is 0 Å². The number of nitro benzene ring substituents is 1. The molecule has 0 spiro atoms. The highest BCUT2D eigenvalue weighted by molar-refractivity contribution is 5.76. The summed E-state index contributed by atoms with van der Waals surface area (Å²) in [6, 6.07) is 4.87. The van der Waals surface area contributed by atoms with Gasteiger partial charge in [0.2, 0.25) is 5.75 Å². The van der Waals surface area contributed by atoms with E-state index in [0.717, 1.165) is 11.3 Å². The maximum atomic E-state index is 10.9. The summed E-state index contributed by atoms with van der Waals surface area (Å²) in [6.45, 7) is 0.320. The summed E-state index contributed by atoms with van der Waals surface area (Å²) in [5.41, 5.74) is 2.37. The van der Waals surface area contributed by atoms with Gasteiger partial charge in [0.25, 0.3) is 0 Å². The molecule has 0 radical (unpaired) electrons. The molecule has 1 aliphatic rings. The summed E-state index contributed by atoms with van der Waals surface area (Å²) in [5, 5.41) is 15.2. The molecule has 0 bridgehead atoms. The van der Waals surface area contributed by atoms with Crippen LogP contribution in [0.1, 0.15) is 5.56 Å². The normalized spacial score (nSPS) is 12.5. The van der Waals surface area contributed by atoms with Crippen molar-refractivity contribution < 1.29 is 9.66 Å². The molecule has 0 atom stereocenters. The first-order chi connectivity index (χ1) is 8.16. The maximum absolute atomic E-state index is 10.9. The molecule has 2 aromatic rings. The highest BCUT2D eigenvalue weighted by Crippen LogP contribution is 2.42. The van der Waals surface area contributed by atoms with Gasteiger partial charge in [-0.1, -0.05) is 6.07 Å². The van der Waals surface area contributed by atoms with E-state index in [1.54, 1.807) is 16.8 Å². The van der Waals surface area contributed by atoms with Crippen LogP contribution in [0.5, 0.6) is 5.75 Å². The molecular formula is C11H9N3O3. The van der Waals surface area contributed by atoms with Crippen molar-refractivity contribution in [2.24, 2.45) is 7.05 Å². The quantitative estimate of drug-likeness (QED) is 0.555. The number of aromatic nitrogens is 2. The first-order valence-corrected chi connectivity index (χ1v) is 5.10. The summed E-state index contributed by atoms with van der Waals surface area (Å²) < 4.78 is 7.14. The molecule has 1 aliphatic heterocycles. The van der Waals surface area contributed by atoms with E-state index >= 15 is 0 Å². The van der Waals surface area contributed by atoms with Gasteiger partial charge in [0, 0.05) is 24.9 Å². The number of nitrogens with zero attached hydrogens (tertiary/aromatic N) is 3. The van der Waals surface area contributed by atoms with Crippen LogP contribution >= 0.6 is 0 Å². The van der Waals surface area contributed by atoms with Gasteiger partial charge in [-0.25, -0.2) is 0 Å². The van der Waals surface area contributed by atoms with Crippen molar-refractivity contribution >= 4 is 5.69 Å². The molecule has 0 saturated heterocycles. The molecule has 1 aromatic heterocycles. The van der Waals surface area contributed by atoms with Crippen molar-refractivity contribution in [1.82, 2.24) is 9.78 Å². The Morgan fingerprint density at radius 3 is 3.12 bits per heavy atom. The average Bonchev–Trinajstić information content (AvgIpc) is 2.68. The van der Waals surface area contributed by atoms with Gasteiger partial charge in [-0.05, 0) is 6.07 Å². The lowest BCUT2D eigenvalue weighted by molar-refractivity contribution is -0.385. The standard InChI is InChI=1S/C11H9N3O3/c1-13-5-7-6-17-11-8(10(7)12-13)3-2-4-9(11)14(15)16/h2-5H,6H2,1H3. The van der Waals surface area contributed by atoms with Gasteiger partial charge in [0.15, 0.2) is 0 Å². The molecule has 1 aromatic carbocycles. The number of hydrogen-bond donors (Lipinski definition) is 0. The molecule has 0 N–H and O–H groups in total. The third-order valence-corrected chi connectivity index (χ3v) is 2.72. The van der Waals surface area contributed by atoms with Crippen LogP contribution in [-0.4, -0.2) is 14.7 Å². The lowest BCUT2D eigenvalue weighted by Gasteiger charge is -2.15. The number of fused-ring (bicyclic) bond motifs is 3. The monoisotopic (exact) mass is 231 g/mol. The molecule has 0 amide bonds. The van der Waals surface area contributed by atoms with E-state index in [-0.39, 0.29) is 5.69 Å². The van der Waals surface area contributed by atoms with Crippen LogP contribution in [0.4, 0.5) is 5.69 Å². The minimum absolute atomic E-state index is 0.0150. The predicted octanol–water partition coefficient (Wildman–Crippen LogP) is 1.89. The van der Waals surface area contributed by atoms with Crippen LogP contribution in [0.25, 0.3) is 11.3 Å². The Hall–Kier alpha value is -2.37. The van der Waals surface area contributed by atoms with E-state index in [0.29, 0.717) is 17.9 Å². The number of aryl methyl sites for hydroxylation is 1. The molecule has 0 fully saturated rings. The van der Waals surface area contributed by atoms with Gasteiger partial charge < -0.3 is 4.74 Å². The molecule has 6 nitrogen and oxygen atoms in total. The van der Waals surface area contributed by atoms with Gasteiger partial charge in [0.1, 0.15) is 12.3 Å². The third-order valence-electron chi connectivity index (χ3n) is 2.72. The third kappa shape index (κ3) is 1.37. The van der Waals surface area contributed by atoms with Gasteiger partial charge in [0.05, 0.1) is 10.5 Å². The minimum atomic E-state index is -0.438. The number of para-hydroxylation sites is 1. The fraction of sp³-hybridized carbons (Fsp3) is 0.182. The number of nitro groups is 1. The smallest absolute Gasteiger partial charge is 0.311 e. The highest BCUT2D eigenvalue weighted by atomic mass is 16.6. The second kappa shape index (κ2) is 3.31. The molecule has 0 saturated carbocycles. The van der Waals surface area contributed by atoms with Crippen molar-refractivity contribution in [2.45, 2.75) is 6.61 Å². The van der Waals surface area contributed by atoms with Crippen molar-refractivity contribution in [3.63, 3.8) is 0 Å². The Kier molecular flexibility index (Phi) is 1.91. The zero-order chi connectivity index (χ0) is 12.0. The fourth-order valence-electron chi connectivity index (χ4n) is 2.03. The topological polar surface area (TPSA) is 70.2 Å². The van der Waals surface area contributed by atoms with Crippen LogP contribution in [0.15, 0.2) is 24.4 Å². The SMILES string of the molecule is Cn1cc2c(n1)-c1cccc([N+](=O)[O-])c1OC2. The number of hydrogen-bond acceptors (Lipinski definition) is 4. The highest BCUT2D eigenvalue weighted by Gasteiger charge is 2.27. The largest absolute Gasteiger partial charge is 0.481 e. The summed E-state index contributed by atoms with van der Waals surface area (Å²) in [7, 11) is 1.81. The summed E-state index contributed by atoms with van der Waals surface area (Å²) >= 11 is 0. The van der Waals surface area contributed by atoms with E-state index in [2.05, 4.69) is 5.10 Å². The molecule has 6 heteroatoms. The van der Waals surface area contributed by atoms with Gasteiger partial charge in [-0.3, -0.25) is 14.8 Å². The van der Waals surface area contributed by atoms with Gasteiger partial charge in [-0.15, -0.1) is 0 Å². The number of rotatable bonds is 1. The van der Waals surface area contributed by atoms with Gasteiger partial charge >= 0.3 is 5.69 Å². The Morgan fingerprint density at radius 1 is 1.53 bits per heavy atom. The van der Waals surface area contributed by atoms with Crippen LogP contribution < -0.4 is 4.74 Å². The Balaban J connectivity index is 2.26. The zero-order valence-corrected chi connectivity index (χ0v) is 9.08. The minimum Gasteiger partial charge on any atom is -0.481 e. The van der Waals surface area contributed by atoms with Gasteiger partial charge in [-0.2, -0.15) is 5.10 Å². The van der Waals surface area contributed by atoms with E-state index in [1.165, 1.54) is 6.07 Å². The predicted molar refractivity (Wildman–Crippen MR) is 59.6 cm³/mol. The molecular weight excluding hydrogens is 222 g/mol. The molecule has 2 heterocycles. The fourth-order valence-corrected chi connectivity index (χ4v) is 2.03. The van der Waals surface area contributed by atoms with Crippen molar-refractivity contribution in [1.29, 1.82) is 0 Å². The lowest BCUT2D eigenvalue weighted by Crippen LogP contribution is -2.06. The first kappa shape index (κ1) is 9.83. The van der Waals surface area contributed by atoms with E-state index in [4.69, 9.17) is 4.74 Å². The van der Waals surface area contributed by atoms with Crippen LogP contribution in [0.3, 0.4) is 0 Å². The van der Waals surface area contributed by atoms with Crippen molar-refractivity contribution in [3.05, 3.63) is 40.1 Å². The summed E-state index contributed by atoms with van der Waals surface area (Å²) in [6.07, 6.45) is 1.86.